The third kappa shape index (κ3) is 3.67. The lowest BCUT2D eigenvalue weighted by Crippen LogP contribution is -2.53. The van der Waals surface area contributed by atoms with Crippen LogP contribution in [0.25, 0.3) is 0 Å². The number of nitrogens with zero attached hydrogens (tertiary/aromatic N) is 1. The number of hydrogen-bond acceptors (Lipinski definition) is 4. The summed E-state index contributed by atoms with van der Waals surface area (Å²) in [4.78, 5) is 15.0. The third-order valence-corrected chi connectivity index (χ3v) is 5.98. The Balaban J connectivity index is 1.26. The van der Waals surface area contributed by atoms with Crippen molar-refractivity contribution in [1.29, 1.82) is 0 Å². The van der Waals surface area contributed by atoms with Crippen LogP contribution in [0.15, 0.2) is 24.3 Å². The summed E-state index contributed by atoms with van der Waals surface area (Å²) in [5.74, 6) is 0.844. The summed E-state index contributed by atoms with van der Waals surface area (Å²) in [5.41, 5.74) is 1.11. The summed E-state index contributed by atoms with van der Waals surface area (Å²) in [7, 11) is 0. The van der Waals surface area contributed by atoms with Crippen LogP contribution in [0.3, 0.4) is 0 Å². The molecule has 1 aromatic rings. The molecule has 1 amide bonds. The van der Waals surface area contributed by atoms with E-state index in [-0.39, 0.29) is 18.1 Å². The SMILES string of the molecule is O=C(NC1CCN(C2CCCCC2O)CC1)C1Cc2ccccc2O1. The highest BCUT2D eigenvalue weighted by atomic mass is 16.5. The molecule has 1 aromatic carbocycles. The van der Waals surface area contributed by atoms with Crippen molar-refractivity contribution >= 4 is 5.91 Å². The Morgan fingerprint density at radius 3 is 2.64 bits per heavy atom. The van der Waals surface area contributed by atoms with E-state index in [2.05, 4.69) is 10.2 Å². The maximum absolute atomic E-state index is 12.5. The summed E-state index contributed by atoms with van der Waals surface area (Å²) < 4.78 is 5.79. The molecule has 3 unspecified atom stereocenters. The Kier molecular flexibility index (Phi) is 4.95. The van der Waals surface area contributed by atoms with Gasteiger partial charge in [0.2, 0.25) is 0 Å². The predicted octanol–water partition coefficient (Wildman–Crippen LogP) is 1.87. The number of aliphatic hydroxyl groups is 1. The highest BCUT2D eigenvalue weighted by Crippen LogP contribution is 2.29. The normalized spacial score (nSPS) is 30.5. The van der Waals surface area contributed by atoms with Crippen LogP contribution in [0.2, 0.25) is 0 Å². The van der Waals surface area contributed by atoms with E-state index in [0.29, 0.717) is 12.5 Å². The van der Waals surface area contributed by atoms with Crippen molar-refractivity contribution in [3.8, 4) is 5.75 Å². The fraction of sp³-hybridized carbons (Fsp3) is 0.650. The molecule has 0 radical (unpaired) electrons. The van der Waals surface area contributed by atoms with Crippen LogP contribution in [0.1, 0.15) is 44.1 Å². The first kappa shape index (κ1) is 16.9. The Labute approximate surface area is 149 Å². The Hall–Kier alpha value is -1.59. The Morgan fingerprint density at radius 2 is 1.88 bits per heavy atom. The second kappa shape index (κ2) is 7.34. The van der Waals surface area contributed by atoms with Gasteiger partial charge in [-0.1, -0.05) is 31.0 Å². The monoisotopic (exact) mass is 344 g/mol. The fourth-order valence-corrected chi connectivity index (χ4v) is 4.52. The number of likely N-dealkylation sites (tertiary alicyclic amines) is 1. The van der Waals surface area contributed by atoms with E-state index in [9.17, 15) is 9.90 Å². The summed E-state index contributed by atoms with van der Waals surface area (Å²) in [5, 5.41) is 13.4. The van der Waals surface area contributed by atoms with Gasteiger partial charge in [0.05, 0.1) is 6.10 Å². The van der Waals surface area contributed by atoms with Crippen LogP contribution in [0, 0.1) is 0 Å². The predicted molar refractivity (Wildman–Crippen MR) is 95.6 cm³/mol. The molecule has 3 aliphatic rings. The van der Waals surface area contributed by atoms with Crippen molar-refractivity contribution in [2.24, 2.45) is 0 Å². The summed E-state index contributed by atoms with van der Waals surface area (Å²) in [6, 6.07) is 8.41. The number of carbonyl (C=O) groups is 1. The van der Waals surface area contributed by atoms with Crippen LogP contribution in [0.4, 0.5) is 0 Å². The number of ether oxygens (including phenoxy) is 1. The van der Waals surface area contributed by atoms with Gasteiger partial charge in [-0.25, -0.2) is 0 Å². The molecule has 3 atom stereocenters. The van der Waals surface area contributed by atoms with E-state index in [1.165, 1.54) is 6.42 Å². The zero-order chi connectivity index (χ0) is 17.2. The van der Waals surface area contributed by atoms with Crippen LogP contribution in [-0.4, -0.2) is 53.3 Å². The molecule has 25 heavy (non-hydrogen) atoms. The van der Waals surface area contributed by atoms with Crippen LogP contribution >= 0.6 is 0 Å². The molecule has 4 rings (SSSR count). The molecule has 136 valence electrons. The van der Waals surface area contributed by atoms with Gasteiger partial charge in [-0.2, -0.15) is 0 Å². The third-order valence-electron chi connectivity index (χ3n) is 5.98. The van der Waals surface area contributed by atoms with Gasteiger partial charge in [0.25, 0.3) is 5.91 Å². The highest BCUT2D eigenvalue weighted by molar-refractivity contribution is 5.82. The molecule has 0 bridgehead atoms. The number of hydrogen-bond donors (Lipinski definition) is 2. The van der Waals surface area contributed by atoms with Crippen LogP contribution in [-0.2, 0) is 11.2 Å². The van der Waals surface area contributed by atoms with Gasteiger partial charge in [-0.3, -0.25) is 9.69 Å². The Morgan fingerprint density at radius 1 is 1.12 bits per heavy atom. The van der Waals surface area contributed by atoms with Crippen molar-refractivity contribution in [3.05, 3.63) is 29.8 Å². The quantitative estimate of drug-likeness (QED) is 0.879. The van der Waals surface area contributed by atoms with E-state index >= 15 is 0 Å². The first-order valence-electron chi connectivity index (χ1n) is 9.68. The number of amides is 1. The molecule has 2 fully saturated rings. The van der Waals surface area contributed by atoms with Gasteiger partial charge in [0.1, 0.15) is 5.75 Å². The molecule has 2 N–H and O–H groups in total. The molecule has 2 heterocycles. The van der Waals surface area contributed by atoms with Crippen molar-refractivity contribution in [1.82, 2.24) is 10.2 Å². The zero-order valence-electron chi connectivity index (χ0n) is 14.7. The maximum atomic E-state index is 12.5. The first-order valence-corrected chi connectivity index (χ1v) is 9.68. The minimum atomic E-state index is -0.393. The number of fused-ring (bicyclic) bond motifs is 1. The lowest BCUT2D eigenvalue weighted by Gasteiger charge is -2.41. The largest absolute Gasteiger partial charge is 0.480 e. The van der Waals surface area contributed by atoms with Crippen molar-refractivity contribution < 1.29 is 14.6 Å². The average Bonchev–Trinajstić information content (AvgIpc) is 3.07. The minimum Gasteiger partial charge on any atom is -0.480 e. The van der Waals surface area contributed by atoms with Gasteiger partial charge in [0, 0.05) is 31.6 Å². The molecule has 2 aliphatic heterocycles. The lowest BCUT2D eigenvalue weighted by atomic mass is 9.89. The maximum Gasteiger partial charge on any atom is 0.261 e. The van der Waals surface area contributed by atoms with E-state index in [1.807, 2.05) is 24.3 Å². The van der Waals surface area contributed by atoms with Gasteiger partial charge >= 0.3 is 0 Å². The summed E-state index contributed by atoms with van der Waals surface area (Å²) >= 11 is 0. The average molecular weight is 344 g/mol. The number of aliphatic hydroxyl groups excluding tert-OH is 1. The van der Waals surface area contributed by atoms with Crippen LogP contribution < -0.4 is 10.1 Å². The molecule has 0 aromatic heterocycles. The number of para-hydroxylation sites is 1. The summed E-state index contributed by atoms with van der Waals surface area (Å²) in [6.07, 6.45) is 6.40. The topological polar surface area (TPSA) is 61.8 Å². The highest BCUT2D eigenvalue weighted by Gasteiger charge is 2.34. The van der Waals surface area contributed by atoms with Crippen molar-refractivity contribution in [3.63, 3.8) is 0 Å². The summed E-state index contributed by atoms with van der Waals surface area (Å²) in [6.45, 7) is 1.91. The van der Waals surface area contributed by atoms with E-state index in [0.717, 1.165) is 56.5 Å². The Bertz CT molecular complexity index is 588. The number of rotatable bonds is 3. The van der Waals surface area contributed by atoms with Gasteiger partial charge in [-0.05, 0) is 37.3 Å². The van der Waals surface area contributed by atoms with Crippen molar-refractivity contribution in [2.45, 2.75) is 69.2 Å². The molecule has 1 aliphatic carbocycles. The molecule has 5 nitrogen and oxygen atoms in total. The van der Waals surface area contributed by atoms with Crippen molar-refractivity contribution in [2.75, 3.05) is 13.1 Å². The standard InChI is InChI=1S/C20H28N2O3/c23-17-7-3-2-6-16(17)22-11-9-15(10-12-22)21-20(24)19-13-14-5-1-4-8-18(14)25-19/h1,4-5,8,15-17,19,23H,2-3,6-7,9-13H2,(H,21,24). The van der Waals surface area contributed by atoms with E-state index in [1.54, 1.807) is 0 Å². The smallest absolute Gasteiger partial charge is 0.261 e. The molecular weight excluding hydrogens is 316 g/mol. The molecular formula is C20H28N2O3. The van der Waals surface area contributed by atoms with Gasteiger partial charge in [-0.15, -0.1) is 0 Å². The fourth-order valence-electron chi connectivity index (χ4n) is 4.52. The van der Waals surface area contributed by atoms with Gasteiger partial charge in [0.15, 0.2) is 6.10 Å². The van der Waals surface area contributed by atoms with Crippen LogP contribution in [0.5, 0.6) is 5.75 Å². The molecule has 1 saturated carbocycles. The van der Waals surface area contributed by atoms with E-state index < -0.39 is 6.10 Å². The number of piperidine rings is 1. The second-order valence-corrected chi connectivity index (χ2v) is 7.66. The zero-order valence-corrected chi connectivity index (χ0v) is 14.7. The lowest BCUT2D eigenvalue weighted by molar-refractivity contribution is -0.128. The molecule has 1 saturated heterocycles. The molecule has 5 heteroatoms. The number of nitrogens with one attached hydrogen (secondary N) is 1. The first-order chi connectivity index (χ1) is 12.2. The second-order valence-electron chi connectivity index (χ2n) is 7.66. The number of carbonyl (C=O) groups excluding carboxylic acids is 1. The molecule has 0 spiro atoms. The minimum absolute atomic E-state index is 0.00681. The van der Waals surface area contributed by atoms with E-state index in [4.69, 9.17) is 4.74 Å². The number of benzene rings is 1. The van der Waals surface area contributed by atoms with Gasteiger partial charge < -0.3 is 15.2 Å².